The molecule has 26 heavy (non-hydrogen) atoms. The number of sulfone groups is 1. The van der Waals surface area contributed by atoms with Crippen LogP contribution in [0.4, 0.5) is 10.1 Å². The first-order valence-electron chi connectivity index (χ1n) is 8.26. The molecule has 7 nitrogen and oxygen atoms in total. The number of carbonyl (C=O) groups is 1. The van der Waals surface area contributed by atoms with Crippen LogP contribution in [0.15, 0.2) is 30.6 Å². The molecule has 1 aliphatic heterocycles. The number of aryl methyl sites for hydroxylation is 1. The summed E-state index contributed by atoms with van der Waals surface area (Å²) in [4.78, 5) is 12.7. The normalized spacial score (nSPS) is 17.0. The van der Waals surface area contributed by atoms with Crippen LogP contribution in [0.2, 0.25) is 0 Å². The van der Waals surface area contributed by atoms with E-state index in [1.165, 1.54) is 22.9 Å². The Bertz CT molecular complexity index is 933. The third-order valence-corrected chi connectivity index (χ3v) is 6.71. The summed E-state index contributed by atoms with van der Waals surface area (Å²) in [5.41, 5.74) is 1.35. The van der Waals surface area contributed by atoms with Crippen molar-refractivity contribution in [2.24, 2.45) is 0 Å². The molecule has 1 amide bonds. The van der Waals surface area contributed by atoms with Crippen LogP contribution in [0, 0.1) is 12.7 Å². The van der Waals surface area contributed by atoms with E-state index >= 15 is 0 Å². The molecule has 1 saturated heterocycles. The number of amides is 1. The maximum atomic E-state index is 14.4. The molecule has 1 fully saturated rings. The van der Waals surface area contributed by atoms with Crippen LogP contribution in [0.3, 0.4) is 0 Å². The van der Waals surface area contributed by atoms with Gasteiger partial charge in [0.05, 0.1) is 6.20 Å². The van der Waals surface area contributed by atoms with Crippen LogP contribution in [-0.4, -0.2) is 48.2 Å². The van der Waals surface area contributed by atoms with Gasteiger partial charge in [-0.3, -0.25) is 4.79 Å². The number of carbonyl (C=O) groups excluding carboxylic acids is 1. The monoisotopic (exact) mass is 380 g/mol. The Morgan fingerprint density at radius 2 is 2.04 bits per heavy atom. The Kier molecular flexibility index (Phi) is 4.85. The van der Waals surface area contributed by atoms with Gasteiger partial charge in [0.25, 0.3) is 0 Å². The van der Waals surface area contributed by atoms with Gasteiger partial charge in [-0.15, -0.1) is 0 Å². The lowest BCUT2D eigenvalue weighted by Gasteiger charge is -2.34. The van der Waals surface area contributed by atoms with E-state index in [-0.39, 0.29) is 24.2 Å². The topological polar surface area (TPSA) is 93.1 Å². The van der Waals surface area contributed by atoms with Gasteiger partial charge in [0.1, 0.15) is 5.69 Å². The van der Waals surface area contributed by atoms with E-state index in [4.69, 9.17) is 0 Å². The molecule has 0 aliphatic carbocycles. The third kappa shape index (κ3) is 3.36. The number of nitrogens with zero attached hydrogens (tertiary/aromatic N) is 2. The molecule has 9 heteroatoms. The van der Waals surface area contributed by atoms with Crippen molar-refractivity contribution in [3.63, 3.8) is 0 Å². The van der Waals surface area contributed by atoms with Gasteiger partial charge < -0.3 is 10.6 Å². The fourth-order valence-corrected chi connectivity index (χ4v) is 4.49. The zero-order valence-corrected chi connectivity index (χ0v) is 15.4. The summed E-state index contributed by atoms with van der Waals surface area (Å²) in [5.74, 6) is -1.19. The minimum absolute atomic E-state index is 0.185. The Hall–Kier alpha value is -2.26. The Morgan fingerprint density at radius 1 is 1.35 bits per heavy atom. The van der Waals surface area contributed by atoms with Crippen molar-refractivity contribution in [1.82, 2.24) is 15.1 Å². The summed E-state index contributed by atoms with van der Waals surface area (Å²) in [7, 11) is -3.63. The van der Waals surface area contributed by atoms with Crippen molar-refractivity contribution >= 4 is 21.4 Å². The fourth-order valence-electron chi connectivity index (χ4n) is 3.16. The van der Waals surface area contributed by atoms with Crippen LogP contribution in [-0.2, 0) is 14.6 Å². The first-order chi connectivity index (χ1) is 12.2. The first kappa shape index (κ1) is 18.5. The molecule has 140 valence electrons. The van der Waals surface area contributed by atoms with Gasteiger partial charge in [-0.1, -0.05) is 0 Å². The predicted octanol–water partition coefficient (Wildman–Crippen LogP) is 1.43. The molecule has 2 heterocycles. The molecule has 0 unspecified atom stereocenters. The largest absolute Gasteiger partial charge is 0.325 e. The molecule has 0 saturated carbocycles. The highest BCUT2D eigenvalue weighted by atomic mass is 32.2. The molecule has 2 N–H and O–H groups in total. The van der Waals surface area contributed by atoms with Crippen LogP contribution in [0.25, 0.3) is 5.69 Å². The van der Waals surface area contributed by atoms with E-state index in [0.29, 0.717) is 13.1 Å². The van der Waals surface area contributed by atoms with Gasteiger partial charge in [-0.2, -0.15) is 5.10 Å². The molecule has 1 aromatic carbocycles. The second-order valence-electron chi connectivity index (χ2n) is 6.60. The highest BCUT2D eigenvalue weighted by molar-refractivity contribution is 7.92. The highest BCUT2D eigenvalue weighted by Gasteiger charge is 2.48. The lowest BCUT2D eigenvalue weighted by Crippen LogP contribution is -2.55. The summed E-state index contributed by atoms with van der Waals surface area (Å²) >= 11 is 0. The molecule has 2 aromatic rings. The van der Waals surface area contributed by atoms with Gasteiger partial charge in [-0.05, 0) is 56.6 Å². The van der Waals surface area contributed by atoms with Gasteiger partial charge in [0, 0.05) is 18.1 Å². The zero-order valence-electron chi connectivity index (χ0n) is 14.6. The fraction of sp³-hybridized carbons (Fsp3) is 0.412. The lowest BCUT2D eigenvalue weighted by molar-refractivity contribution is -0.119. The predicted molar refractivity (Wildman–Crippen MR) is 96.6 cm³/mol. The quantitative estimate of drug-likeness (QED) is 0.837. The van der Waals surface area contributed by atoms with Crippen LogP contribution >= 0.6 is 0 Å². The van der Waals surface area contributed by atoms with Gasteiger partial charge >= 0.3 is 0 Å². The molecule has 0 radical (unpaired) electrons. The number of anilines is 1. The van der Waals surface area contributed by atoms with Crippen molar-refractivity contribution < 1.29 is 17.6 Å². The zero-order chi connectivity index (χ0) is 18.9. The summed E-state index contributed by atoms with van der Waals surface area (Å²) in [6, 6.07) is 4.19. The van der Waals surface area contributed by atoms with Crippen LogP contribution < -0.4 is 10.6 Å². The standard InChI is InChI=1S/C17H21FN4O3S/c1-12-10-20-22(11-12)15-4-3-13(9-14(15)18)21-16(23)17(26(2,24)25)5-7-19-8-6-17/h3-4,9-11,19H,5-8H2,1-2H3,(H,21,23). The number of halogens is 1. The van der Waals surface area contributed by atoms with E-state index in [1.807, 2.05) is 6.92 Å². The number of aromatic nitrogens is 2. The van der Waals surface area contributed by atoms with E-state index in [1.54, 1.807) is 12.4 Å². The SMILES string of the molecule is Cc1cnn(-c2ccc(NC(=O)C3(S(C)(=O)=O)CCNCC3)cc2F)c1. The molecular weight excluding hydrogens is 359 g/mol. The summed E-state index contributed by atoms with van der Waals surface area (Å²) in [5, 5.41) is 9.68. The van der Waals surface area contributed by atoms with Gasteiger partial charge in [0.15, 0.2) is 20.4 Å². The van der Waals surface area contributed by atoms with E-state index in [9.17, 15) is 17.6 Å². The van der Waals surface area contributed by atoms with E-state index in [0.717, 1.165) is 11.8 Å². The van der Waals surface area contributed by atoms with Crippen LogP contribution in [0.1, 0.15) is 18.4 Å². The average Bonchev–Trinajstić information content (AvgIpc) is 3.00. The third-order valence-electron chi connectivity index (χ3n) is 4.70. The average molecular weight is 380 g/mol. The number of nitrogens with one attached hydrogen (secondary N) is 2. The molecule has 1 aromatic heterocycles. The Morgan fingerprint density at radius 3 is 2.58 bits per heavy atom. The minimum atomic E-state index is -3.63. The second-order valence-corrected chi connectivity index (χ2v) is 8.92. The molecule has 0 spiro atoms. The number of rotatable bonds is 4. The smallest absolute Gasteiger partial charge is 0.245 e. The second kappa shape index (κ2) is 6.81. The van der Waals surface area contributed by atoms with Crippen molar-refractivity contribution in [1.29, 1.82) is 0 Å². The maximum Gasteiger partial charge on any atom is 0.245 e. The van der Waals surface area contributed by atoms with Crippen LogP contribution in [0.5, 0.6) is 0 Å². The van der Waals surface area contributed by atoms with Crippen molar-refractivity contribution in [3.8, 4) is 5.69 Å². The van der Waals surface area contributed by atoms with E-state index < -0.39 is 26.3 Å². The van der Waals surface area contributed by atoms with Crippen molar-refractivity contribution in [2.45, 2.75) is 24.5 Å². The molecular formula is C17H21FN4O3S. The van der Waals surface area contributed by atoms with Crippen molar-refractivity contribution in [3.05, 3.63) is 42.0 Å². The number of benzene rings is 1. The van der Waals surface area contributed by atoms with Crippen molar-refractivity contribution in [2.75, 3.05) is 24.7 Å². The lowest BCUT2D eigenvalue weighted by atomic mass is 9.95. The number of piperidine rings is 1. The summed E-state index contributed by atoms with van der Waals surface area (Å²) in [6.45, 7) is 2.72. The molecule has 0 atom stereocenters. The molecule has 1 aliphatic rings. The highest BCUT2D eigenvalue weighted by Crippen LogP contribution is 2.30. The van der Waals surface area contributed by atoms with E-state index in [2.05, 4.69) is 15.7 Å². The minimum Gasteiger partial charge on any atom is -0.325 e. The maximum absolute atomic E-state index is 14.4. The summed E-state index contributed by atoms with van der Waals surface area (Å²) < 4.78 is 38.9. The summed E-state index contributed by atoms with van der Waals surface area (Å²) in [6.07, 6.45) is 4.74. The van der Waals surface area contributed by atoms with Gasteiger partial charge in [-0.25, -0.2) is 17.5 Å². The number of hydrogen-bond acceptors (Lipinski definition) is 5. The first-order valence-corrected chi connectivity index (χ1v) is 10.1. The van der Waals surface area contributed by atoms with Gasteiger partial charge in [0.2, 0.25) is 5.91 Å². The number of hydrogen-bond donors (Lipinski definition) is 2. The Labute approximate surface area is 151 Å². The molecule has 0 bridgehead atoms. The molecule has 3 rings (SSSR count). The Balaban J connectivity index is 1.86.